The topological polar surface area (TPSA) is 144 Å². The first-order valence-electron chi connectivity index (χ1n) is 12.5. The number of amides is 1. The first-order valence-corrected chi connectivity index (χ1v) is 12.5. The maximum absolute atomic E-state index is 14.7. The van der Waals surface area contributed by atoms with Gasteiger partial charge in [0.2, 0.25) is 5.91 Å². The maximum Gasteiger partial charge on any atom is 0.350 e. The molecule has 11 nitrogen and oxygen atoms in total. The van der Waals surface area contributed by atoms with Gasteiger partial charge in [0.05, 0.1) is 30.4 Å². The second kappa shape index (κ2) is 11.8. The second-order valence-electron chi connectivity index (χ2n) is 9.30. The van der Waals surface area contributed by atoms with Gasteiger partial charge in [-0.2, -0.15) is 15.5 Å². The average Bonchev–Trinajstić information content (AvgIpc) is 3.61. The van der Waals surface area contributed by atoms with Gasteiger partial charge in [0.15, 0.2) is 0 Å². The summed E-state index contributed by atoms with van der Waals surface area (Å²) in [6, 6.07) is 18.0. The van der Waals surface area contributed by atoms with E-state index < -0.39 is 35.4 Å². The third kappa shape index (κ3) is 6.19. The van der Waals surface area contributed by atoms with E-state index in [9.17, 15) is 23.5 Å². The molecule has 0 spiro atoms. The third-order valence-electron chi connectivity index (χ3n) is 6.32. The number of anilines is 1. The lowest BCUT2D eigenvalue weighted by atomic mass is 9.93. The fourth-order valence-corrected chi connectivity index (χ4v) is 4.31. The standard InChI is InChI=1S/C29H22F2N8O3/c30-22-5-10-25(26(31)13-22)29(42,15-37-18-33-17-34-37)16-39-28(41)38(19-35-39)24-8-6-23(7-9-24)36-27(40)11-4-20-2-1-3-21(12-20)14-32/h1-13,17-19,42H,15-16H2,(H,36,40)/b11-4+. The maximum atomic E-state index is 14.7. The summed E-state index contributed by atoms with van der Waals surface area (Å²) in [5.41, 5.74) is -0.844. The molecule has 3 aromatic carbocycles. The van der Waals surface area contributed by atoms with Gasteiger partial charge in [0.25, 0.3) is 0 Å². The predicted octanol–water partition coefficient (Wildman–Crippen LogP) is 3.02. The highest BCUT2D eigenvalue weighted by Gasteiger charge is 2.35. The van der Waals surface area contributed by atoms with Crippen molar-refractivity contribution in [2.75, 3.05) is 5.32 Å². The largest absolute Gasteiger partial charge is 0.381 e. The summed E-state index contributed by atoms with van der Waals surface area (Å²) < 4.78 is 31.7. The number of benzene rings is 3. The van der Waals surface area contributed by atoms with Crippen molar-refractivity contribution in [2.45, 2.75) is 18.7 Å². The van der Waals surface area contributed by atoms with Crippen molar-refractivity contribution in [2.24, 2.45) is 0 Å². The van der Waals surface area contributed by atoms with Gasteiger partial charge in [-0.15, -0.1) is 0 Å². The number of carbonyl (C=O) groups excluding carboxylic acids is 1. The van der Waals surface area contributed by atoms with E-state index in [-0.39, 0.29) is 12.1 Å². The highest BCUT2D eigenvalue weighted by molar-refractivity contribution is 6.01. The molecule has 5 aromatic rings. The minimum atomic E-state index is -2.04. The first kappa shape index (κ1) is 27.8. The van der Waals surface area contributed by atoms with Crippen LogP contribution in [0.4, 0.5) is 14.5 Å². The van der Waals surface area contributed by atoms with E-state index in [1.165, 1.54) is 34.3 Å². The average molecular weight is 569 g/mol. The Morgan fingerprint density at radius 2 is 1.86 bits per heavy atom. The number of hydrogen-bond donors (Lipinski definition) is 2. The van der Waals surface area contributed by atoms with Crippen molar-refractivity contribution in [3.63, 3.8) is 0 Å². The van der Waals surface area contributed by atoms with Gasteiger partial charge >= 0.3 is 5.69 Å². The van der Waals surface area contributed by atoms with E-state index in [2.05, 4.69) is 20.5 Å². The Kier molecular flexibility index (Phi) is 7.80. The van der Waals surface area contributed by atoms with Gasteiger partial charge in [0.1, 0.15) is 36.2 Å². The SMILES string of the molecule is N#Cc1cccc(/C=C/C(=O)Nc2ccc(-n3cnn(CC(O)(Cn4cncn4)c4ccc(F)cc4F)c3=O)cc2)c1. The minimum Gasteiger partial charge on any atom is -0.381 e. The number of aromatic nitrogens is 6. The number of hydrogen-bond acceptors (Lipinski definition) is 7. The molecule has 0 saturated carbocycles. The molecular formula is C29H22F2N8O3. The van der Waals surface area contributed by atoms with Gasteiger partial charge in [-0.05, 0) is 54.1 Å². The van der Waals surface area contributed by atoms with Crippen LogP contribution in [-0.4, -0.2) is 40.1 Å². The van der Waals surface area contributed by atoms with E-state index in [1.54, 1.807) is 54.6 Å². The summed E-state index contributed by atoms with van der Waals surface area (Å²) in [6.07, 6.45) is 6.71. The zero-order valence-corrected chi connectivity index (χ0v) is 21.8. The minimum absolute atomic E-state index is 0.243. The first-order chi connectivity index (χ1) is 20.2. The number of nitriles is 1. The summed E-state index contributed by atoms with van der Waals surface area (Å²) in [5, 5.41) is 31.3. The van der Waals surface area contributed by atoms with Crippen molar-refractivity contribution < 1.29 is 18.7 Å². The summed E-state index contributed by atoms with van der Waals surface area (Å²) >= 11 is 0. The second-order valence-corrected chi connectivity index (χ2v) is 9.30. The molecule has 210 valence electrons. The number of aliphatic hydroxyl groups is 1. The lowest BCUT2D eigenvalue weighted by Crippen LogP contribution is -2.41. The van der Waals surface area contributed by atoms with Crippen LogP contribution in [0.3, 0.4) is 0 Å². The predicted molar refractivity (Wildman–Crippen MR) is 147 cm³/mol. The summed E-state index contributed by atoms with van der Waals surface area (Å²) in [4.78, 5) is 29.4. The molecule has 0 aliphatic heterocycles. The van der Waals surface area contributed by atoms with Crippen LogP contribution in [0.2, 0.25) is 0 Å². The van der Waals surface area contributed by atoms with Crippen LogP contribution >= 0.6 is 0 Å². The fourth-order valence-electron chi connectivity index (χ4n) is 4.31. The zero-order valence-electron chi connectivity index (χ0n) is 21.8. The number of halogens is 2. The molecule has 2 heterocycles. The lowest BCUT2D eigenvalue weighted by molar-refractivity contribution is -0.111. The third-order valence-corrected chi connectivity index (χ3v) is 6.32. The quantitative estimate of drug-likeness (QED) is 0.260. The molecule has 0 saturated heterocycles. The zero-order chi connectivity index (χ0) is 29.7. The Labute approximate surface area is 237 Å². The molecule has 1 atom stereocenters. The highest BCUT2D eigenvalue weighted by atomic mass is 19.1. The Balaban J connectivity index is 1.33. The van der Waals surface area contributed by atoms with Crippen LogP contribution in [0.15, 0.2) is 96.6 Å². The molecule has 42 heavy (non-hydrogen) atoms. The van der Waals surface area contributed by atoms with E-state index in [1.807, 2.05) is 6.07 Å². The number of rotatable bonds is 9. The molecular weight excluding hydrogens is 546 g/mol. The van der Waals surface area contributed by atoms with Crippen molar-refractivity contribution in [3.05, 3.63) is 131 Å². The molecule has 2 aromatic heterocycles. The van der Waals surface area contributed by atoms with Crippen LogP contribution in [0.25, 0.3) is 11.8 Å². The van der Waals surface area contributed by atoms with Gasteiger partial charge in [-0.25, -0.2) is 32.5 Å². The van der Waals surface area contributed by atoms with Crippen LogP contribution in [0.5, 0.6) is 0 Å². The normalized spacial score (nSPS) is 12.6. The molecule has 1 amide bonds. The molecule has 5 rings (SSSR count). The molecule has 13 heteroatoms. The van der Waals surface area contributed by atoms with Crippen LogP contribution in [0, 0.1) is 23.0 Å². The van der Waals surface area contributed by atoms with Gasteiger partial charge in [0, 0.05) is 23.4 Å². The Morgan fingerprint density at radius 1 is 1.05 bits per heavy atom. The lowest BCUT2D eigenvalue weighted by Gasteiger charge is -2.28. The molecule has 0 aliphatic rings. The van der Waals surface area contributed by atoms with E-state index in [0.717, 1.165) is 16.8 Å². The molecule has 2 N–H and O–H groups in total. The summed E-state index contributed by atoms with van der Waals surface area (Å²) in [7, 11) is 0. The molecule has 0 aliphatic carbocycles. The molecule has 1 unspecified atom stereocenters. The van der Waals surface area contributed by atoms with Crippen molar-refractivity contribution in [3.8, 4) is 11.8 Å². The van der Waals surface area contributed by atoms with Crippen molar-refractivity contribution in [1.82, 2.24) is 29.1 Å². The molecule has 0 fully saturated rings. The van der Waals surface area contributed by atoms with E-state index >= 15 is 0 Å². The van der Waals surface area contributed by atoms with Gasteiger partial charge < -0.3 is 10.4 Å². The van der Waals surface area contributed by atoms with Crippen molar-refractivity contribution in [1.29, 1.82) is 5.26 Å². The van der Waals surface area contributed by atoms with Crippen molar-refractivity contribution >= 4 is 17.7 Å². The number of nitrogens with one attached hydrogen (secondary N) is 1. The summed E-state index contributed by atoms with van der Waals surface area (Å²) in [5.74, 6) is -2.20. The van der Waals surface area contributed by atoms with Crippen LogP contribution in [-0.2, 0) is 23.5 Å². The van der Waals surface area contributed by atoms with Crippen LogP contribution in [0.1, 0.15) is 16.7 Å². The monoisotopic (exact) mass is 568 g/mol. The smallest absolute Gasteiger partial charge is 0.350 e. The van der Waals surface area contributed by atoms with E-state index in [4.69, 9.17) is 5.26 Å². The van der Waals surface area contributed by atoms with Crippen LogP contribution < -0.4 is 11.0 Å². The Bertz CT molecular complexity index is 1860. The van der Waals surface area contributed by atoms with Gasteiger partial charge in [-0.3, -0.25) is 4.79 Å². The fraction of sp³-hybridized carbons (Fsp3) is 0.103. The summed E-state index contributed by atoms with van der Waals surface area (Å²) in [6.45, 7) is -0.763. The molecule has 0 radical (unpaired) electrons. The van der Waals surface area contributed by atoms with E-state index in [0.29, 0.717) is 28.6 Å². The Hall–Kier alpha value is -5.74. The number of nitrogens with zero attached hydrogens (tertiary/aromatic N) is 7. The van der Waals surface area contributed by atoms with Gasteiger partial charge in [-0.1, -0.05) is 18.2 Å². The molecule has 0 bridgehead atoms. The highest BCUT2D eigenvalue weighted by Crippen LogP contribution is 2.28. The Morgan fingerprint density at radius 3 is 2.57 bits per heavy atom. The number of carbonyl (C=O) groups is 1.